The van der Waals surface area contributed by atoms with E-state index in [4.69, 9.17) is 5.73 Å². The molecule has 1 aromatic carbocycles. The summed E-state index contributed by atoms with van der Waals surface area (Å²) in [5.74, 6) is -0.0513. The van der Waals surface area contributed by atoms with Gasteiger partial charge in [-0.05, 0) is 24.6 Å². The Bertz CT molecular complexity index is 487. The van der Waals surface area contributed by atoms with E-state index in [1.807, 2.05) is 0 Å². The van der Waals surface area contributed by atoms with Gasteiger partial charge in [0.05, 0.1) is 4.90 Å². The van der Waals surface area contributed by atoms with E-state index in [1.165, 1.54) is 28.6 Å². The van der Waals surface area contributed by atoms with Gasteiger partial charge in [0.2, 0.25) is 10.0 Å². The highest BCUT2D eigenvalue weighted by Gasteiger charge is 2.30. The van der Waals surface area contributed by atoms with Crippen LogP contribution in [-0.2, 0) is 10.0 Å². The quantitative estimate of drug-likeness (QED) is 0.771. The lowest BCUT2D eigenvalue weighted by Crippen LogP contribution is -2.31. The maximum atomic E-state index is 12.1. The van der Waals surface area contributed by atoms with E-state index in [9.17, 15) is 13.5 Å². The molecule has 0 unspecified atom stereocenters. The molecule has 1 heterocycles. The molecule has 1 aliphatic rings. The molecule has 0 saturated carbocycles. The maximum absolute atomic E-state index is 12.1. The normalized spacial score (nSPS) is 22.4. The summed E-state index contributed by atoms with van der Waals surface area (Å²) >= 11 is 0. The molecule has 0 aliphatic carbocycles. The largest absolute Gasteiger partial charge is 0.508 e. The minimum Gasteiger partial charge on any atom is -0.508 e. The van der Waals surface area contributed by atoms with Gasteiger partial charge < -0.3 is 10.8 Å². The lowest BCUT2D eigenvalue weighted by atomic mass is 10.3. The van der Waals surface area contributed by atoms with E-state index in [-0.39, 0.29) is 16.7 Å². The highest BCUT2D eigenvalue weighted by atomic mass is 32.2. The topological polar surface area (TPSA) is 83.6 Å². The van der Waals surface area contributed by atoms with Crippen LogP contribution in [0, 0.1) is 0 Å². The van der Waals surface area contributed by atoms with Crippen molar-refractivity contribution in [3.05, 3.63) is 24.3 Å². The van der Waals surface area contributed by atoms with Gasteiger partial charge >= 0.3 is 0 Å². The minimum atomic E-state index is -3.50. The van der Waals surface area contributed by atoms with Gasteiger partial charge in [0.25, 0.3) is 0 Å². The summed E-state index contributed by atoms with van der Waals surface area (Å²) in [6.07, 6.45) is 0.679. The van der Waals surface area contributed by atoms with Gasteiger partial charge in [0, 0.05) is 19.1 Å². The molecule has 0 bridgehead atoms. The standard InChI is InChI=1S/C10H14N2O3S/c11-8-4-5-12(7-8)16(14,15)10-3-1-2-9(13)6-10/h1-3,6,8,13H,4-5,7,11H2/t8-/m1/s1. The van der Waals surface area contributed by atoms with Crippen LogP contribution in [0.3, 0.4) is 0 Å². The van der Waals surface area contributed by atoms with E-state index >= 15 is 0 Å². The van der Waals surface area contributed by atoms with E-state index in [2.05, 4.69) is 0 Å². The van der Waals surface area contributed by atoms with Crippen molar-refractivity contribution >= 4 is 10.0 Å². The van der Waals surface area contributed by atoms with E-state index in [0.717, 1.165) is 0 Å². The molecule has 2 rings (SSSR count). The zero-order chi connectivity index (χ0) is 11.8. The van der Waals surface area contributed by atoms with Crippen molar-refractivity contribution < 1.29 is 13.5 Å². The smallest absolute Gasteiger partial charge is 0.243 e. The van der Waals surface area contributed by atoms with E-state index < -0.39 is 10.0 Å². The fraction of sp³-hybridized carbons (Fsp3) is 0.400. The highest BCUT2D eigenvalue weighted by Crippen LogP contribution is 2.22. The molecule has 1 aromatic rings. The minimum absolute atomic E-state index is 0.0513. The van der Waals surface area contributed by atoms with Crippen molar-refractivity contribution in [1.29, 1.82) is 0 Å². The Hall–Kier alpha value is -1.11. The molecule has 3 N–H and O–H groups in total. The third-order valence-electron chi connectivity index (χ3n) is 2.64. The van der Waals surface area contributed by atoms with Gasteiger partial charge in [-0.15, -0.1) is 0 Å². The highest BCUT2D eigenvalue weighted by molar-refractivity contribution is 7.89. The second-order valence-electron chi connectivity index (χ2n) is 3.91. The summed E-state index contributed by atoms with van der Waals surface area (Å²) in [4.78, 5) is 0.113. The molecular weight excluding hydrogens is 228 g/mol. The van der Waals surface area contributed by atoms with Crippen molar-refractivity contribution in [2.24, 2.45) is 5.73 Å². The summed E-state index contributed by atoms with van der Waals surface area (Å²) in [5.41, 5.74) is 5.67. The lowest BCUT2D eigenvalue weighted by molar-refractivity contribution is 0.463. The summed E-state index contributed by atoms with van der Waals surface area (Å²) in [5, 5.41) is 9.26. The van der Waals surface area contributed by atoms with Crippen LogP contribution in [0.25, 0.3) is 0 Å². The number of nitrogens with two attached hydrogens (primary N) is 1. The van der Waals surface area contributed by atoms with Crippen molar-refractivity contribution in [2.75, 3.05) is 13.1 Å². The third-order valence-corrected chi connectivity index (χ3v) is 4.50. The number of aromatic hydroxyl groups is 1. The van der Waals surface area contributed by atoms with Crippen LogP contribution in [0.4, 0.5) is 0 Å². The summed E-state index contributed by atoms with van der Waals surface area (Å²) in [7, 11) is -3.50. The zero-order valence-electron chi connectivity index (χ0n) is 8.70. The first-order valence-corrected chi connectivity index (χ1v) is 6.49. The van der Waals surface area contributed by atoms with Crippen LogP contribution in [0.15, 0.2) is 29.2 Å². The Morgan fingerprint density at radius 2 is 2.19 bits per heavy atom. The lowest BCUT2D eigenvalue weighted by Gasteiger charge is -2.15. The Labute approximate surface area is 94.5 Å². The Morgan fingerprint density at radius 3 is 2.75 bits per heavy atom. The number of benzene rings is 1. The number of phenolic OH excluding ortho intramolecular Hbond substituents is 1. The van der Waals surface area contributed by atoms with Gasteiger partial charge in [0.1, 0.15) is 5.75 Å². The second-order valence-corrected chi connectivity index (χ2v) is 5.85. The molecular formula is C10H14N2O3S. The van der Waals surface area contributed by atoms with Gasteiger partial charge in [0.15, 0.2) is 0 Å². The Kier molecular flexibility index (Phi) is 2.88. The molecule has 6 heteroatoms. The molecule has 88 valence electrons. The summed E-state index contributed by atoms with van der Waals surface area (Å²) in [6, 6.07) is 5.58. The number of phenols is 1. The van der Waals surface area contributed by atoms with E-state index in [1.54, 1.807) is 0 Å². The van der Waals surface area contributed by atoms with Crippen molar-refractivity contribution in [3.63, 3.8) is 0 Å². The average Bonchev–Trinajstić information content (AvgIpc) is 2.65. The second kappa shape index (κ2) is 4.04. The molecule has 1 saturated heterocycles. The molecule has 0 radical (unpaired) electrons. The van der Waals surface area contributed by atoms with Crippen molar-refractivity contribution in [1.82, 2.24) is 4.31 Å². The molecule has 1 fully saturated rings. The van der Waals surface area contributed by atoms with Gasteiger partial charge in [-0.1, -0.05) is 6.07 Å². The SMILES string of the molecule is N[C@@H]1CCN(S(=O)(=O)c2cccc(O)c2)C1. The number of hydrogen-bond donors (Lipinski definition) is 2. The van der Waals surface area contributed by atoms with Gasteiger partial charge in [-0.2, -0.15) is 4.31 Å². The number of rotatable bonds is 2. The fourth-order valence-corrected chi connectivity index (χ4v) is 3.32. The first-order chi connectivity index (χ1) is 7.50. The molecule has 5 nitrogen and oxygen atoms in total. The van der Waals surface area contributed by atoms with E-state index in [0.29, 0.717) is 19.5 Å². The Morgan fingerprint density at radius 1 is 1.44 bits per heavy atom. The fourth-order valence-electron chi connectivity index (χ4n) is 1.77. The molecule has 1 aliphatic heterocycles. The van der Waals surface area contributed by atoms with Crippen LogP contribution >= 0.6 is 0 Å². The van der Waals surface area contributed by atoms with Gasteiger partial charge in [-0.25, -0.2) is 8.42 Å². The predicted molar refractivity (Wildman–Crippen MR) is 59.5 cm³/mol. The van der Waals surface area contributed by atoms with Crippen molar-refractivity contribution in [3.8, 4) is 5.75 Å². The molecule has 0 amide bonds. The third kappa shape index (κ3) is 2.04. The summed E-state index contributed by atoms with van der Waals surface area (Å²) < 4.78 is 25.5. The van der Waals surface area contributed by atoms with Crippen LogP contribution in [0.2, 0.25) is 0 Å². The molecule has 16 heavy (non-hydrogen) atoms. The van der Waals surface area contributed by atoms with Crippen LogP contribution in [-0.4, -0.2) is 37.0 Å². The van der Waals surface area contributed by atoms with Crippen LogP contribution < -0.4 is 5.73 Å². The first-order valence-electron chi connectivity index (χ1n) is 5.05. The zero-order valence-corrected chi connectivity index (χ0v) is 9.52. The Balaban J connectivity index is 2.32. The molecule has 0 aromatic heterocycles. The van der Waals surface area contributed by atoms with Crippen LogP contribution in [0.5, 0.6) is 5.75 Å². The first kappa shape index (κ1) is 11.4. The van der Waals surface area contributed by atoms with Gasteiger partial charge in [-0.3, -0.25) is 0 Å². The summed E-state index contributed by atoms with van der Waals surface area (Å²) in [6.45, 7) is 0.789. The van der Waals surface area contributed by atoms with Crippen molar-refractivity contribution in [2.45, 2.75) is 17.4 Å². The number of hydrogen-bond acceptors (Lipinski definition) is 4. The average molecular weight is 242 g/mol. The number of nitrogens with zero attached hydrogens (tertiary/aromatic N) is 1. The predicted octanol–water partition coefficient (Wildman–Crippen LogP) is 0.114. The molecule has 1 atom stereocenters. The maximum Gasteiger partial charge on any atom is 0.243 e. The number of sulfonamides is 1. The monoisotopic (exact) mass is 242 g/mol. The van der Waals surface area contributed by atoms with Crippen LogP contribution in [0.1, 0.15) is 6.42 Å². The molecule has 0 spiro atoms.